The molecule has 1 aliphatic heterocycles. The Kier molecular flexibility index (Phi) is 3.26. The summed E-state index contributed by atoms with van der Waals surface area (Å²) < 4.78 is 0. The predicted octanol–water partition coefficient (Wildman–Crippen LogP) is 2.16. The van der Waals surface area contributed by atoms with Crippen LogP contribution < -0.4 is 5.73 Å². The van der Waals surface area contributed by atoms with Crippen molar-refractivity contribution in [2.24, 2.45) is 5.73 Å². The number of likely N-dealkylation sites (tertiary alicyclic amines) is 1. The van der Waals surface area contributed by atoms with E-state index in [1.54, 1.807) is 0 Å². The molecule has 1 aliphatic rings. The molecule has 0 aliphatic carbocycles. The molecule has 3 nitrogen and oxygen atoms in total. The van der Waals surface area contributed by atoms with E-state index in [1.807, 2.05) is 12.3 Å². The lowest BCUT2D eigenvalue weighted by atomic mass is 10.0. The lowest BCUT2D eigenvalue weighted by Crippen LogP contribution is -2.42. The third kappa shape index (κ3) is 2.37. The van der Waals surface area contributed by atoms with E-state index in [1.165, 1.54) is 17.4 Å². The first-order valence-corrected chi connectivity index (χ1v) is 6.63. The van der Waals surface area contributed by atoms with E-state index in [2.05, 4.69) is 34.1 Å². The predicted molar refractivity (Wildman–Crippen MR) is 74.2 cm³/mol. The highest BCUT2D eigenvalue weighted by Gasteiger charge is 2.17. The van der Waals surface area contributed by atoms with Gasteiger partial charge in [-0.2, -0.15) is 0 Å². The molecule has 3 rings (SSSR count). The fourth-order valence-electron chi connectivity index (χ4n) is 2.77. The molecule has 0 spiro atoms. The second-order valence-electron chi connectivity index (χ2n) is 5.12. The summed E-state index contributed by atoms with van der Waals surface area (Å²) in [5.41, 5.74) is 8.47. The molecule has 94 valence electrons. The number of pyridine rings is 1. The summed E-state index contributed by atoms with van der Waals surface area (Å²) in [4.78, 5) is 6.86. The maximum absolute atomic E-state index is 6.04. The van der Waals surface area contributed by atoms with Crippen molar-refractivity contribution in [2.75, 3.05) is 13.1 Å². The molecule has 0 radical (unpaired) electrons. The average Bonchev–Trinajstić information content (AvgIpc) is 2.39. The zero-order valence-corrected chi connectivity index (χ0v) is 10.5. The number of nitrogens with two attached hydrogens (primary N) is 1. The fourth-order valence-corrected chi connectivity index (χ4v) is 2.77. The SMILES string of the molecule is N[C@@H]1CCCN(Cc2ccnc3ccccc23)C1. The van der Waals surface area contributed by atoms with Crippen LogP contribution in [0.2, 0.25) is 0 Å². The number of fused-ring (bicyclic) bond motifs is 1. The summed E-state index contributed by atoms with van der Waals surface area (Å²) in [5.74, 6) is 0. The first kappa shape index (κ1) is 11.6. The topological polar surface area (TPSA) is 42.1 Å². The Labute approximate surface area is 108 Å². The Morgan fingerprint density at radius 1 is 1.28 bits per heavy atom. The summed E-state index contributed by atoms with van der Waals surface area (Å²) in [6.07, 6.45) is 4.28. The summed E-state index contributed by atoms with van der Waals surface area (Å²) in [7, 11) is 0. The zero-order chi connectivity index (χ0) is 12.4. The molecule has 2 N–H and O–H groups in total. The maximum Gasteiger partial charge on any atom is 0.0705 e. The van der Waals surface area contributed by atoms with Crippen molar-refractivity contribution in [3.63, 3.8) is 0 Å². The zero-order valence-electron chi connectivity index (χ0n) is 10.5. The highest BCUT2D eigenvalue weighted by Crippen LogP contribution is 2.19. The Morgan fingerprint density at radius 3 is 3.06 bits per heavy atom. The number of nitrogens with zero attached hydrogens (tertiary/aromatic N) is 2. The van der Waals surface area contributed by atoms with Crippen LogP contribution in [0.3, 0.4) is 0 Å². The van der Waals surface area contributed by atoms with E-state index < -0.39 is 0 Å². The van der Waals surface area contributed by atoms with E-state index in [4.69, 9.17) is 5.73 Å². The molecule has 0 unspecified atom stereocenters. The van der Waals surface area contributed by atoms with Crippen LogP contribution in [-0.4, -0.2) is 29.0 Å². The second-order valence-corrected chi connectivity index (χ2v) is 5.12. The van der Waals surface area contributed by atoms with Gasteiger partial charge in [0.2, 0.25) is 0 Å². The largest absolute Gasteiger partial charge is 0.327 e. The first-order chi connectivity index (χ1) is 8.83. The van der Waals surface area contributed by atoms with Gasteiger partial charge in [0, 0.05) is 30.7 Å². The third-order valence-corrected chi connectivity index (χ3v) is 3.68. The van der Waals surface area contributed by atoms with E-state index in [-0.39, 0.29) is 0 Å². The van der Waals surface area contributed by atoms with Gasteiger partial charge in [0.15, 0.2) is 0 Å². The number of hydrogen-bond donors (Lipinski definition) is 1. The second kappa shape index (κ2) is 5.04. The van der Waals surface area contributed by atoms with Gasteiger partial charge >= 0.3 is 0 Å². The van der Waals surface area contributed by atoms with Crippen LogP contribution in [0.1, 0.15) is 18.4 Å². The first-order valence-electron chi connectivity index (χ1n) is 6.63. The van der Waals surface area contributed by atoms with Gasteiger partial charge in [-0.15, -0.1) is 0 Å². The maximum atomic E-state index is 6.04. The minimum atomic E-state index is 0.340. The molecule has 1 atom stereocenters. The molecule has 2 heterocycles. The quantitative estimate of drug-likeness (QED) is 0.876. The number of para-hydroxylation sites is 1. The minimum Gasteiger partial charge on any atom is -0.327 e. The number of hydrogen-bond acceptors (Lipinski definition) is 3. The van der Waals surface area contributed by atoms with Crippen LogP contribution in [-0.2, 0) is 6.54 Å². The van der Waals surface area contributed by atoms with Gasteiger partial charge in [-0.3, -0.25) is 9.88 Å². The van der Waals surface area contributed by atoms with Crippen molar-refractivity contribution in [1.82, 2.24) is 9.88 Å². The van der Waals surface area contributed by atoms with Crippen molar-refractivity contribution in [2.45, 2.75) is 25.4 Å². The molecule has 0 saturated carbocycles. The average molecular weight is 241 g/mol. The van der Waals surface area contributed by atoms with E-state index >= 15 is 0 Å². The van der Waals surface area contributed by atoms with Gasteiger partial charge in [0.1, 0.15) is 0 Å². The van der Waals surface area contributed by atoms with E-state index in [0.717, 1.165) is 31.6 Å². The van der Waals surface area contributed by atoms with Gasteiger partial charge < -0.3 is 5.73 Å². The molecule has 0 bridgehead atoms. The van der Waals surface area contributed by atoms with Crippen LogP contribution >= 0.6 is 0 Å². The number of rotatable bonds is 2. The van der Waals surface area contributed by atoms with Crippen molar-refractivity contribution in [1.29, 1.82) is 0 Å². The van der Waals surface area contributed by atoms with Gasteiger partial charge in [0.05, 0.1) is 5.52 Å². The van der Waals surface area contributed by atoms with Crippen molar-refractivity contribution >= 4 is 10.9 Å². The fraction of sp³-hybridized carbons (Fsp3) is 0.400. The number of benzene rings is 1. The molecular formula is C15H19N3. The van der Waals surface area contributed by atoms with Crippen molar-refractivity contribution in [3.05, 3.63) is 42.1 Å². The van der Waals surface area contributed by atoms with Gasteiger partial charge in [-0.1, -0.05) is 18.2 Å². The smallest absolute Gasteiger partial charge is 0.0705 e. The van der Waals surface area contributed by atoms with Crippen molar-refractivity contribution in [3.8, 4) is 0 Å². The monoisotopic (exact) mass is 241 g/mol. The molecule has 1 fully saturated rings. The lowest BCUT2D eigenvalue weighted by molar-refractivity contribution is 0.202. The molecule has 1 aromatic carbocycles. The van der Waals surface area contributed by atoms with E-state index in [0.29, 0.717) is 6.04 Å². The molecule has 18 heavy (non-hydrogen) atoms. The molecule has 1 saturated heterocycles. The summed E-state index contributed by atoms with van der Waals surface area (Å²) in [6, 6.07) is 10.8. The van der Waals surface area contributed by atoms with Crippen LogP contribution in [0.5, 0.6) is 0 Å². The Bertz CT molecular complexity index is 533. The van der Waals surface area contributed by atoms with Gasteiger partial charge in [0.25, 0.3) is 0 Å². The summed E-state index contributed by atoms with van der Waals surface area (Å²) >= 11 is 0. The summed E-state index contributed by atoms with van der Waals surface area (Å²) in [5, 5.41) is 1.26. The van der Waals surface area contributed by atoms with Crippen LogP contribution in [0.15, 0.2) is 36.5 Å². The van der Waals surface area contributed by atoms with Crippen LogP contribution in [0.4, 0.5) is 0 Å². The standard InChI is InChI=1S/C15H19N3/c16-13-4-3-9-18(11-13)10-12-7-8-17-15-6-2-1-5-14(12)15/h1-2,5-8,13H,3-4,9-11,16H2/t13-/m1/s1. The van der Waals surface area contributed by atoms with Crippen LogP contribution in [0.25, 0.3) is 10.9 Å². The Morgan fingerprint density at radius 2 is 2.17 bits per heavy atom. The van der Waals surface area contributed by atoms with Crippen molar-refractivity contribution < 1.29 is 0 Å². The normalized spacial score (nSPS) is 21.3. The molecule has 0 amide bonds. The molecule has 3 heteroatoms. The molecule has 2 aromatic rings. The summed E-state index contributed by atoms with van der Waals surface area (Å²) in [6.45, 7) is 3.15. The number of aromatic nitrogens is 1. The highest BCUT2D eigenvalue weighted by molar-refractivity contribution is 5.81. The van der Waals surface area contributed by atoms with Gasteiger partial charge in [-0.05, 0) is 37.1 Å². The number of piperidine rings is 1. The minimum absolute atomic E-state index is 0.340. The third-order valence-electron chi connectivity index (χ3n) is 3.68. The lowest BCUT2D eigenvalue weighted by Gasteiger charge is -2.30. The Hall–Kier alpha value is -1.45. The van der Waals surface area contributed by atoms with E-state index in [9.17, 15) is 0 Å². The van der Waals surface area contributed by atoms with Gasteiger partial charge in [-0.25, -0.2) is 0 Å². The highest BCUT2D eigenvalue weighted by atomic mass is 15.1. The Balaban J connectivity index is 1.86. The van der Waals surface area contributed by atoms with Crippen LogP contribution in [0, 0.1) is 0 Å². The molecule has 1 aromatic heterocycles. The molecular weight excluding hydrogens is 222 g/mol.